The van der Waals surface area contributed by atoms with E-state index in [1.165, 1.54) is 13.1 Å². The Balaban J connectivity index is 0.000000861. The molecule has 2 rings (SSSR count). The average molecular weight is 282 g/mol. The second-order valence-electron chi connectivity index (χ2n) is 3.47. The number of nitrogens with one attached hydrogen (secondary N) is 1. The lowest BCUT2D eigenvalue weighted by Gasteiger charge is -2.04. The van der Waals surface area contributed by atoms with Gasteiger partial charge in [-0.25, -0.2) is 9.78 Å². The Morgan fingerprint density at radius 2 is 2.42 bits per heavy atom. The Morgan fingerprint density at radius 1 is 1.68 bits per heavy atom. The maximum Gasteiger partial charge on any atom is 0.407 e. The zero-order chi connectivity index (χ0) is 14.3. The molecule has 0 unspecified atom stereocenters. The van der Waals surface area contributed by atoms with Crippen molar-refractivity contribution < 1.29 is 9.53 Å². The van der Waals surface area contributed by atoms with Gasteiger partial charge < -0.3 is 15.8 Å². The lowest BCUT2D eigenvalue weighted by atomic mass is 10.5. The van der Waals surface area contributed by atoms with Crippen molar-refractivity contribution in [3.8, 4) is 0 Å². The molecule has 104 valence electrons. The zero-order valence-electron chi connectivity index (χ0n) is 11.0. The number of carbonyl (C=O) groups excluding carboxylic acids is 1. The van der Waals surface area contributed by atoms with Crippen LogP contribution in [0.1, 0.15) is 11.5 Å². The van der Waals surface area contributed by atoms with Crippen molar-refractivity contribution in [2.24, 2.45) is 5.73 Å². The van der Waals surface area contributed by atoms with E-state index in [-0.39, 0.29) is 6.61 Å². The molecule has 7 heteroatoms. The Bertz CT molecular complexity index is 547. The predicted octanol–water partition coefficient (Wildman–Crippen LogP) is 1.69. The van der Waals surface area contributed by atoms with Gasteiger partial charge in [0.15, 0.2) is 0 Å². The highest BCUT2D eigenvalue weighted by Crippen LogP contribution is 2.17. The standard InChI is InChI=1S/C11H13N3O2S.CH5N/c1-3-4-16-11(15)13-5-9-12-6-10-14(9)8(2)7-17-10;1-2/h3,6-7H,1,4-5H2,2H3,(H,13,15);2H2,1H3. The van der Waals surface area contributed by atoms with Crippen molar-refractivity contribution in [2.75, 3.05) is 13.7 Å². The molecule has 0 saturated heterocycles. The van der Waals surface area contributed by atoms with E-state index < -0.39 is 6.09 Å². The summed E-state index contributed by atoms with van der Waals surface area (Å²) in [5.74, 6) is 0.800. The average Bonchev–Trinajstić information content (AvgIpc) is 3.00. The molecule has 0 fully saturated rings. The molecular formula is C12H18N4O2S. The normalized spacial score (nSPS) is 9.63. The monoisotopic (exact) mass is 282 g/mol. The summed E-state index contributed by atoms with van der Waals surface area (Å²) in [7, 11) is 1.50. The van der Waals surface area contributed by atoms with E-state index in [0.29, 0.717) is 6.54 Å². The molecule has 0 spiro atoms. The van der Waals surface area contributed by atoms with Crippen LogP contribution in [-0.2, 0) is 11.3 Å². The molecule has 0 saturated carbocycles. The zero-order valence-corrected chi connectivity index (χ0v) is 11.9. The third-order valence-corrected chi connectivity index (χ3v) is 3.22. The first-order chi connectivity index (χ1) is 9.22. The molecule has 0 atom stereocenters. The highest BCUT2D eigenvalue weighted by Gasteiger charge is 2.09. The van der Waals surface area contributed by atoms with E-state index in [9.17, 15) is 4.79 Å². The number of amides is 1. The Labute approximate surface area is 115 Å². The summed E-state index contributed by atoms with van der Waals surface area (Å²) in [6, 6.07) is 0. The van der Waals surface area contributed by atoms with Gasteiger partial charge in [-0.2, -0.15) is 0 Å². The van der Waals surface area contributed by atoms with E-state index in [1.54, 1.807) is 17.5 Å². The number of aromatic nitrogens is 2. The van der Waals surface area contributed by atoms with Gasteiger partial charge in [0.25, 0.3) is 0 Å². The van der Waals surface area contributed by atoms with Crippen molar-refractivity contribution in [3.05, 3.63) is 35.8 Å². The van der Waals surface area contributed by atoms with Gasteiger partial charge in [0, 0.05) is 11.1 Å². The number of thiazole rings is 1. The number of nitrogens with zero attached hydrogens (tertiary/aromatic N) is 2. The van der Waals surface area contributed by atoms with Crippen LogP contribution in [0.25, 0.3) is 4.83 Å². The molecule has 1 amide bonds. The molecule has 2 heterocycles. The van der Waals surface area contributed by atoms with Crippen molar-refractivity contribution >= 4 is 22.3 Å². The molecule has 0 aromatic carbocycles. The van der Waals surface area contributed by atoms with E-state index in [0.717, 1.165) is 16.3 Å². The molecule has 19 heavy (non-hydrogen) atoms. The van der Waals surface area contributed by atoms with Crippen molar-refractivity contribution in [3.63, 3.8) is 0 Å². The van der Waals surface area contributed by atoms with Crippen molar-refractivity contribution in [2.45, 2.75) is 13.5 Å². The molecule has 0 bridgehead atoms. The predicted molar refractivity (Wildman–Crippen MR) is 76.3 cm³/mol. The number of ether oxygens (including phenoxy) is 1. The third-order valence-electron chi connectivity index (χ3n) is 2.23. The minimum atomic E-state index is -0.463. The SMILES string of the molecule is C=CCOC(=O)NCc1ncc2scc(C)n12.CN. The highest BCUT2D eigenvalue weighted by molar-refractivity contribution is 7.15. The number of rotatable bonds is 4. The Hall–Kier alpha value is -1.86. The Morgan fingerprint density at radius 3 is 3.11 bits per heavy atom. The number of aryl methyl sites for hydroxylation is 1. The van der Waals surface area contributed by atoms with Gasteiger partial charge in [0.05, 0.1) is 12.7 Å². The van der Waals surface area contributed by atoms with Crippen LogP contribution in [0.3, 0.4) is 0 Å². The van der Waals surface area contributed by atoms with Gasteiger partial charge in [-0.15, -0.1) is 11.3 Å². The van der Waals surface area contributed by atoms with E-state index in [2.05, 4.69) is 28.0 Å². The third kappa shape index (κ3) is 3.80. The van der Waals surface area contributed by atoms with Crippen LogP contribution in [0, 0.1) is 6.92 Å². The molecule has 0 aliphatic rings. The van der Waals surface area contributed by atoms with E-state index in [1.807, 2.05) is 11.3 Å². The minimum Gasteiger partial charge on any atom is -0.445 e. The summed E-state index contributed by atoms with van der Waals surface area (Å²) >= 11 is 1.63. The van der Waals surface area contributed by atoms with Gasteiger partial charge in [-0.3, -0.25) is 4.40 Å². The van der Waals surface area contributed by atoms with Crippen molar-refractivity contribution in [1.82, 2.24) is 14.7 Å². The number of fused-ring (bicyclic) bond motifs is 1. The number of nitrogens with two attached hydrogens (primary N) is 1. The maximum absolute atomic E-state index is 11.2. The van der Waals surface area contributed by atoms with Gasteiger partial charge in [-0.05, 0) is 14.0 Å². The largest absolute Gasteiger partial charge is 0.445 e. The molecule has 0 aliphatic heterocycles. The summed E-state index contributed by atoms with van der Waals surface area (Å²) in [5.41, 5.74) is 5.61. The van der Waals surface area contributed by atoms with Crippen LogP contribution < -0.4 is 11.1 Å². The van der Waals surface area contributed by atoms with Crippen molar-refractivity contribution in [1.29, 1.82) is 0 Å². The van der Waals surface area contributed by atoms with Gasteiger partial charge >= 0.3 is 6.09 Å². The van der Waals surface area contributed by atoms with Crippen LogP contribution in [0.4, 0.5) is 4.79 Å². The lowest BCUT2D eigenvalue weighted by molar-refractivity contribution is 0.157. The van der Waals surface area contributed by atoms with Gasteiger partial charge in [-0.1, -0.05) is 12.7 Å². The fraction of sp³-hybridized carbons (Fsp3) is 0.333. The number of hydrogen-bond acceptors (Lipinski definition) is 5. The summed E-state index contributed by atoms with van der Waals surface area (Å²) in [5, 5.41) is 4.69. The van der Waals surface area contributed by atoms with Crippen LogP contribution >= 0.6 is 11.3 Å². The fourth-order valence-electron chi connectivity index (χ4n) is 1.49. The summed E-state index contributed by atoms with van der Waals surface area (Å²) in [6.45, 7) is 6.03. The smallest absolute Gasteiger partial charge is 0.407 e. The fourth-order valence-corrected chi connectivity index (χ4v) is 2.36. The summed E-state index contributed by atoms with van der Waals surface area (Å²) in [6.07, 6.45) is 2.86. The van der Waals surface area contributed by atoms with E-state index in [4.69, 9.17) is 4.74 Å². The number of imidazole rings is 1. The summed E-state index contributed by atoms with van der Waals surface area (Å²) in [4.78, 5) is 16.6. The number of alkyl carbamates (subject to hydrolysis) is 1. The highest BCUT2D eigenvalue weighted by atomic mass is 32.1. The quantitative estimate of drug-likeness (QED) is 0.836. The van der Waals surface area contributed by atoms with Gasteiger partial charge in [0.2, 0.25) is 0 Å². The lowest BCUT2D eigenvalue weighted by Crippen LogP contribution is -2.24. The maximum atomic E-state index is 11.2. The molecule has 0 radical (unpaired) electrons. The summed E-state index contributed by atoms with van der Waals surface area (Å²) < 4.78 is 6.82. The van der Waals surface area contributed by atoms with E-state index >= 15 is 0 Å². The van der Waals surface area contributed by atoms with Crippen LogP contribution in [-0.4, -0.2) is 29.1 Å². The molecule has 6 nitrogen and oxygen atoms in total. The Kier molecular flexibility index (Phi) is 6.04. The number of hydrogen-bond donors (Lipinski definition) is 2. The van der Waals surface area contributed by atoms with Gasteiger partial charge in [0.1, 0.15) is 17.3 Å². The molecule has 0 aliphatic carbocycles. The van der Waals surface area contributed by atoms with Crippen LogP contribution in [0.2, 0.25) is 0 Å². The molecular weight excluding hydrogens is 264 g/mol. The first-order valence-electron chi connectivity index (χ1n) is 5.72. The second-order valence-corrected chi connectivity index (χ2v) is 4.36. The molecule has 2 aromatic heterocycles. The topological polar surface area (TPSA) is 81.6 Å². The van der Waals surface area contributed by atoms with Crippen LogP contribution in [0.5, 0.6) is 0 Å². The second kappa shape index (κ2) is 7.55. The molecule has 3 N–H and O–H groups in total. The minimum absolute atomic E-state index is 0.209. The first kappa shape index (κ1) is 15.2. The van der Waals surface area contributed by atoms with Crippen LogP contribution in [0.15, 0.2) is 24.2 Å². The molecule has 2 aromatic rings. The first-order valence-corrected chi connectivity index (χ1v) is 6.60. The number of carbonyl (C=O) groups is 1.